The minimum Gasteiger partial charge on any atom is -0.295 e. The van der Waals surface area contributed by atoms with E-state index in [-0.39, 0.29) is 0 Å². The average Bonchev–Trinajstić information content (AvgIpc) is 3.72. The molecule has 1 heteroatoms. The van der Waals surface area contributed by atoms with Crippen molar-refractivity contribution in [1.82, 2.24) is 0 Å². The van der Waals surface area contributed by atoms with Crippen LogP contribution in [0.4, 0.5) is 0 Å². The van der Waals surface area contributed by atoms with E-state index in [9.17, 15) is 0 Å². The first kappa shape index (κ1) is 31.2. The predicted molar refractivity (Wildman–Crippen MR) is 168 cm³/mol. The van der Waals surface area contributed by atoms with E-state index in [0.717, 1.165) is 46.5 Å². The molecule has 0 saturated heterocycles. The smallest absolute Gasteiger partial charge is 0.0378 e. The van der Waals surface area contributed by atoms with Gasteiger partial charge in [0.1, 0.15) is 0 Å². The summed E-state index contributed by atoms with van der Waals surface area (Å²) in [4.78, 5) is 3.74. The number of fused-ring (bicyclic) bond motifs is 5. The van der Waals surface area contributed by atoms with Crippen molar-refractivity contribution in [2.24, 2.45) is 56.7 Å². The molecule has 5 rings (SSSR count). The Morgan fingerprint density at radius 2 is 1.71 bits per heavy atom. The monoisotopic (exact) mass is 519 g/mol. The maximum Gasteiger partial charge on any atom is 0.0378 e. The second kappa shape index (κ2) is 12.9. The minimum atomic E-state index is 0.620. The number of terminal acetylenes is 1. The van der Waals surface area contributed by atoms with Gasteiger partial charge in [0.15, 0.2) is 0 Å². The standard InChI is InChI=1S/C28H46.C7H9N.C2H6/c1-6-20(4)23-10-11-24-22-13-15-26(5)18-19(3)12-17-28(26,21-8-9-21)25(22)14-16-27(23,24)7-2;1-4-7(5-2)6-8-3;1-2/h19,21-25H,4,6-18H2,1-3,5H3;1,5-6H,2-3H3;1-2H3/b;7-5-,8-6?;. The van der Waals surface area contributed by atoms with E-state index in [1.807, 2.05) is 26.8 Å². The van der Waals surface area contributed by atoms with Crippen molar-refractivity contribution in [3.63, 3.8) is 0 Å². The van der Waals surface area contributed by atoms with Crippen molar-refractivity contribution in [3.05, 3.63) is 23.8 Å². The highest BCUT2D eigenvalue weighted by Crippen LogP contribution is 2.76. The number of hydrogen-bond acceptors (Lipinski definition) is 1. The Labute approximate surface area is 237 Å². The highest BCUT2D eigenvalue weighted by Gasteiger charge is 2.68. The predicted octanol–water partition coefficient (Wildman–Crippen LogP) is 10.7. The van der Waals surface area contributed by atoms with Gasteiger partial charge in [-0.1, -0.05) is 72.1 Å². The van der Waals surface area contributed by atoms with Crippen molar-refractivity contribution in [3.8, 4) is 12.3 Å². The molecule has 0 N–H and O–H groups in total. The molecule has 5 fully saturated rings. The van der Waals surface area contributed by atoms with Crippen LogP contribution >= 0.6 is 0 Å². The molecule has 5 aliphatic rings. The summed E-state index contributed by atoms with van der Waals surface area (Å²) in [7, 11) is 1.70. The lowest BCUT2D eigenvalue weighted by Gasteiger charge is -2.67. The zero-order chi connectivity index (χ0) is 28.1. The highest BCUT2D eigenvalue weighted by molar-refractivity contribution is 5.83. The average molecular weight is 520 g/mol. The molecule has 0 aromatic heterocycles. The lowest BCUT2D eigenvalue weighted by Crippen LogP contribution is -2.60. The molecule has 0 radical (unpaired) electrons. The van der Waals surface area contributed by atoms with E-state index in [1.54, 1.807) is 57.4 Å². The molecular weight excluding hydrogens is 458 g/mol. The van der Waals surface area contributed by atoms with Crippen molar-refractivity contribution < 1.29 is 0 Å². The third kappa shape index (κ3) is 5.25. The van der Waals surface area contributed by atoms with Gasteiger partial charge in [0.05, 0.1) is 0 Å². The third-order valence-corrected chi connectivity index (χ3v) is 12.5. The molecule has 0 spiro atoms. The Hall–Kier alpha value is -1.29. The van der Waals surface area contributed by atoms with E-state index in [2.05, 4.69) is 45.2 Å². The SMILES string of the molecule is C#C/C(C=NC)=C/C.C=C(CC)C1CCC2C3CCC4(C)CC(C)CCC4(C4CC4)C3CCC12CC.CC. The molecule has 0 amide bonds. The molecule has 1 nitrogen and oxygen atoms in total. The second-order valence-electron chi connectivity index (χ2n) is 13.7. The maximum atomic E-state index is 5.06. The molecule has 0 aromatic rings. The van der Waals surface area contributed by atoms with Gasteiger partial charge in [-0.2, -0.15) is 0 Å². The summed E-state index contributed by atoms with van der Waals surface area (Å²) in [5, 5.41) is 0. The van der Waals surface area contributed by atoms with Gasteiger partial charge in [-0.15, -0.1) is 6.42 Å². The minimum absolute atomic E-state index is 0.620. The van der Waals surface area contributed by atoms with Crippen LogP contribution in [0, 0.1) is 64.1 Å². The molecule has 0 heterocycles. The number of rotatable bonds is 5. The molecule has 214 valence electrons. The highest BCUT2D eigenvalue weighted by atomic mass is 14.7. The lowest BCUT2D eigenvalue weighted by atomic mass is 9.37. The maximum absolute atomic E-state index is 5.06. The van der Waals surface area contributed by atoms with Gasteiger partial charge in [0.2, 0.25) is 0 Å². The molecule has 5 saturated carbocycles. The molecule has 0 aliphatic heterocycles. The first-order chi connectivity index (χ1) is 18.3. The Kier molecular flexibility index (Phi) is 10.6. The van der Waals surface area contributed by atoms with Gasteiger partial charge in [0, 0.05) is 18.8 Å². The van der Waals surface area contributed by atoms with Gasteiger partial charge >= 0.3 is 0 Å². The summed E-state index contributed by atoms with van der Waals surface area (Å²) in [5.74, 6) is 8.49. The fraction of sp³-hybridized carbons (Fsp3) is 0.811. The number of nitrogens with zero attached hydrogens (tertiary/aromatic N) is 1. The van der Waals surface area contributed by atoms with Crippen molar-refractivity contribution in [2.75, 3.05) is 7.05 Å². The van der Waals surface area contributed by atoms with Crippen molar-refractivity contribution >= 4 is 6.21 Å². The fourth-order valence-electron chi connectivity index (χ4n) is 10.9. The van der Waals surface area contributed by atoms with E-state index in [0.29, 0.717) is 10.8 Å². The van der Waals surface area contributed by atoms with Crippen LogP contribution in [0.5, 0.6) is 0 Å². The van der Waals surface area contributed by atoms with E-state index in [1.165, 1.54) is 44.9 Å². The number of aliphatic imine (C=N–C) groups is 1. The van der Waals surface area contributed by atoms with Crippen molar-refractivity contribution in [2.45, 2.75) is 132 Å². The van der Waals surface area contributed by atoms with Crippen LogP contribution in [-0.4, -0.2) is 13.3 Å². The van der Waals surface area contributed by atoms with Gasteiger partial charge in [-0.05, 0) is 136 Å². The van der Waals surface area contributed by atoms with Gasteiger partial charge in [-0.25, -0.2) is 0 Å². The first-order valence-corrected chi connectivity index (χ1v) is 16.5. The fourth-order valence-corrected chi connectivity index (χ4v) is 10.9. The summed E-state index contributed by atoms with van der Waals surface area (Å²) in [6.45, 7) is 20.7. The Morgan fingerprint density at radius 3 is 2.24 bits per heavy atom. The van der Waals surface area contributed by atoms with Gasteiger partial charge in [-0.3, -0.25) is 4.99 Å². The number of allylic oxidation sites excluding steroid dienone is 3. The largest absolute Gasteiger partial charge is 0.295 e. The van der Waals surface area contributed by atoms with Crippen LogP contribution in [0.1, 0.15) is 132 Å². The molecular formula is C37H61N. The van der Waals surface area contributed by atoms with Crippen molar-refractivity contribution in [1.29, 1.82) is 0 Å². The molecule has 38 heavy (non-hydrogen) atoms. The Morgan fingerprint density at radius 1 is 1.00 bits per heavy atom. The van der Waals surface area contributed by atoms with Crippen LogP contribution < -0.4 is 0 Å². The summed E-state index contributed by atoms with van der Waals surface area (Å²) in [6, 6.07) is 0. The Balaban J connectivity index is 0.000000346. The lowest BCUT2D eigenvalue weighted by molar-refractivity contribution is -0.182. The quantitative estimate of drug-likeness (QED) is 0.194. The zero-order valence-corrected chi connectivity index (χ0v) is 26.5. The summed E-state index contributed by atoms with van der Waals surface area (Å²) in [6.07, 6.45) is 28.1. The van der Waals surface area contributed by atoms with Crippen LogP contribution in [0.25, 0.3) is 0 Å². The van der Waals surface area contributed by atoms with Crippen LogP contribution in [-0.2, 0) is 0 Å². The van der Waals surface area contributed by atoms with E-state index < -0.39 is 0 Å². The second-order valence-corrected chi connectivity index (χ2v) is 13.7. The first-order valence-electron chi connectivity index (χ1n) is 16.5. The van der Waals surface area contributed by atoms with E-state index in [4.69, 9.17) is 6.42 Å². The van der Waals surface area contributed by atoms with Crippen LogP contribution in [0.2, 0.25) is 0 Å². The summed E-state index contributed by atoms with van der Waals surface area (Å²) in [5.41, 5.74) is 4.42. The molecule has 5 aliphatic carbocycles. The van der Waals surface area contributed by atoms with E-state index >= 15 is 0 Å². The number of hydrogen-bond donors (Lipinski definition) is 0. The topological polar surface area (TPSA) is 12.4 Å². The molecule has 8 atom stereocenters. The molecule has 0 aromatic carbocycles. The summed E-state index contributed by atoms with van der Waals surface area (Å²) >= 11 is 0. The van der Waals surface area contributed by atoms with Gasteiger partial charge in [0.25, 0.3) is 0 Å². The Bertz CT molecular complexity index is 898. The normalized spacial score (nSPS) is 41.9. The van der Waals surface area contributed by atoms with Crippen LogP contribution in [0.15, 0.2) is 28.8 Å². The van der Waals surface area contributed by atoms with Crippen LogP contribution in [0.3, 0.4) is 0 Å². The molecule has 0 bridgehead atoms. The molecule has 8 unspecified atom stereocenters. The third-order valence-electron chi connectivity index (χ3n) is 12.5. The zero-order valence-electron chi connectivity index (χ0n) is 26.5. The van der Waals surface area contributed by atoms with Gasteiger partial charge < -0.3 is 0 Å². The summed E-state index contributed by atoms with van der Waals surface area (Å²) < 4.78 is 0.